The third-order valence-corrected chi connectivity index (χ3v) is 3.33. The maximum atomic E-state index is 13.6. The van der Waals surface area contributed by atoms with Gasteiger partial charge in [-0.3, -0.25) is 0 Å². The molecule has 6 heteroatoms. The molecule has 0 bridgehead atoms. The number of hydrogen-bond donors (Lipinski definition) is 1. The van der Waals surface area contributed by atoms with Crippen molar-refractivity contribution >= 4 is 27.6 Å². The Balaban J connectivity index is 2.16. The molecule has 0 aliphatic heterocycles. The number of esters is 1. The lowest BCUT2D eigenvalue weighted by atomic mass is 10.1. The fraction of sp³-hybridized carbons (Fsp3) is 0.133. The number of carbonyl (C=O) groups excluding carboxylic acids is 1. The maximum Gasteiger partial charge on any atom is 0.342 e. The van der Waals surface area contributed by atoms with Crippen molar-refractivity contribution in [2.24, 2.45) is 0 Å². The highest BCUT2D eigenvalue weighted by Gasteiger charge is 2.16. The van der Waals surface area contributed by atoms with Gasteiger partial charge in [0.25, 0.3) is 0 Å². The Hall–Kier alpha value is -2.08. The van der Waals surface area contributed by atoms with Gasteiger partial charge in [0.15, 0.2) is 5.75 Å². The first-order valence-electron chi connectivity index (χ1n) is 6.06. The largest absolute Gasteiger partial charge is 0.494 e. The molecular formula is C15H13BrFNO3. The van der Waals surface area contributed by atoms with Gasteiger partial charge < -0.3 is 15.2 Å². The van der Waals surface area contributed by atoms with Crippen molar-refractivity contribution in [1.29, 1.82) is 0 Å². The topological polar surface area (TPSA) is 61.5 Å². The number of para-hydroxylation sites is 1. The van der Waals surface area contributed by atoms with Crippen LogP contribution in [0.15, 0.2) is 40.9 Å². The number of anilines is 1. The van der Waals surface area contributed by atoms with Crippen LogP contribution >= 0.6 is 15.9 Å². The summed E-state index contributed by atoms with van der Waals surface area (Å²) in [7, 11) is 1.41. The van der Waals surface area contributed by atoms with Crippen molar-refractivity contribution in [2.75, 3.05) is 12.8 Å². The Morgan fingerprint density at radius 1 is 1.33 bits per heavy atom. The van der Waals surface area contributed by atoms with Crippen molar-refractivity contribution in [3.63, 3.8) is 0 Å². The number of carbonyl (C=O) groups is 1. The van der Waals surface area contributed by atoms with E-state index in [1.54, 1.807) is 24.3 Å². The molecule has 0 atom stereocenters. The van der Waals surface area contributed by atoms with Crippen molar-refractivity contribution in [1.82, 2.24) is 0 Å². The molecule has 21 heavy (non-hydrogen) atoms. The van der Waals surface area contributed by atoms with Gasteiger partial charge in [0.2, 0.25) is 0 Å². The van der Waals surface area contributed by atoms with E-state index in [0.29, 0.717) is 10.2 Å². The van der Waals surface area contributed by atoms with E-state index in [-0.39, 0.29) is 23.5 Å². The maximum absolute atomic E-state index is 13.6. The summed E-state index contributed by atoms with van der Waals surface area (Å²) in [5.41, 5.74) is 6.54. The van der Waals surface area contributed by atoms with Gasteiger partial charge in [0.1, 0.15) is 18.0 Å². The Kier molecular flexibility index (Phi) is 4.80. The van der Waals surface area contributed by atoms with E-state index in [1.165, 1.54) is 19.2 Å². The molecule has 2 N–H and O–H groups in total. The van der Waals surface area contributed by atoms with E-state index < -0.39 is 11.8 Å². The molecule has 0 amide bonds. The normalized spacial score (nSPS) is 10.2. The molecule has 0 saturated carbocycles. The Labute approximate surface area is 129 Å². The first-order chi connectivity index (χ1) is 10.0. The highest BCUT2D eigenvalue weighted by molar-refractivity contribution is 9.10. The minimum Gasteiger partial charge on any atom is -0.494 e. The lowest BCUT2D eigenvalue weighted by Crippen LogP contribution is -2.09. The van der Waals surface area contributed by atoms with E-state index in [4.69, 9.17) is 15.2 Å². The van der Waals surface area contributed by atoms with Crippen LogP contribution in [0.2, 0.25) is 0 Å². The molecule has 0 radical (unpaired) electrons. The Bertz CT molecular complexity index is 676. The average molecular weight is 354 g/mol. The van der Waals surface area contributed by atoms with Crippen LogP contribution in [0.1, 0.15) is 15.9 Å². The molecule has 0 saturated heterocycles. The lowest BCUT2D eigenvalue weighted by molar-refractivity contribution is 0.0465. The first kappa shape index (κ1) is 15.3. The molecule has 0 heterocycles. The molecule has 2 aromatic rings. The molecule has 0 aromatic heterocycles. The van der Waals surface area contributed by atoms with Crippen LogP contribution in [0.4, 0.5) is 10.1 Å². The second kappa shape index (κ2) is 6.58. The molecule has 2 aromatic carbocycles. The summed E-state index contributed by atoms with van der Waals surface area (Å²) >= 11 is 3.24. The van der Waals surface area contributed by atoms with E-state index in [9.17, 15) is 9.18 Å². The van der Waals surface area contributed by atoms with Crippen molar-refractivity contribution in [3.8, 4) is 5.75 Å². The van der Waals surface area contributed by atoms with E-state index in [1.807, 2.05) is 0 Å². The number of nitrogens with two attached hydrogens (primary N) is 1. The standard InChI is InChI=1S/C15H13BrFNO3/c1-20-14-11(3-2-4-13(14)18)15(19)21-8-9-7-10(16)5-6-12(9)17/h2-7H,8,18H2,1H3. The number of halogens is 2. The van der Waals surface area contributed by atoms with E-state index >= 15 is 0 Å². The average Bonchev–Trinajstić information content (AvgIpc) is 2.47. The summed E-state index contributed by atoms with van der Waals surface area (Å²) in [6, 6.07) is 9.20. The zero-order valence-electron chi connectivity index (χ0n) is 11.2. The monoisotopic (exact) mass is 353 g/mol. The van der Waals surface area contributed by atoms with Gasteiger partial charge >= 0.3 is 5.97 Å². The third-order valence-electron chi connectivity index (χ3n) is 2.84. The summed E-state index contributed by atoms with van der Waals surface area (Å²) in [6.07, 6.45) is 0. The summed E-state index contributed by atoms with van der Waals surface area (Å²) < 4.78 is 24.5. The predicted molar refractivity (Wildman–Crippen MR) is 80.6 cm³/mol. The van der Waals surface area contributed by atoms with Crippen LogP contribution in [0.3, 0.4) is 0 Å². The van der Waals surface area contributed by atoms with Crippen LogP contribution < -0.4 is 10.5 Å². The zero-order valence-corrected chi connectivity index (χ0v) is 12.8. The molecule has 4 nitrogen and oxygen atoms in total. The van der Waals surface area contributed by atoms with E-state index in [0.717, 1.165) is 0 Å². The number of benzene rings is 2. The van der Waals surface area contributed by atoms with Gasteiger partial charge in [-0.25, -0.2) is 9.18 Å². The van der Waals surface area contributed by atoms with Crippen molar-refractivity contribution in [2.45, 2.75) is 6.61 Å². The molecule has 0 spiro atoms. The number of nitrogen functional groups attached to an aromatic ring is 1. The van der Waals surface area contributed by atoms with Gasteiger partial charge in [-0.1, -0.05) is 22.0 Å². The molecule has 2 rings (SSSR count). The van der Waals surface area contributed by atoms with E-state index in [2.05, 4.69) is 15.9 Å². The van der Waals surface area contributed by atoms with Crippen molar-refractivity contribution in [3.05, 3.63) is 57.8 Å². The van der Waals surface area contributed by atoms with Crippen LogP contribution in [-0.4, -0.2) is 13.1 Å². The van der Waals surface area contributed by atoms with Gasteiger partial charge in [0.05, 0.1) is 12.8 Å². The predicted octanol–water partition coefficient (Wildman–Crippen LogP) is 3.54. The first-order valence-corrected chi connectivity index (χ1v) is 6.85. The van der Waals surface area contributed by atoms with Crippen molar-refractivity contribution < 1.29 is 18.7 Å². The quantitative estimate of drug-likeness (QED) is 0.674. The zero-order chi connectivity index (χ0) is 15.4. The minimum absolute atomic E-state index is 0.179. The fourth-order valence-corrected chi connectivity index (χ4v) is 2.23. The number of hydrogen-bond acceptors (Lipinski definition) is 4. The molecule has 0 aliphatic rings. The molecule has 0 aliphatic carbocycles. The Morgan fingerprint density at radius 3 is 2.81 bits per heavy atom. The van der Waals surface area contributed by atoms with Gasteiger partial charge in [-0.15, -0.1) is 0 Å². The third kappa shape index (κ3) is 3.52. The highest BCUT2D eigenvalue weighted by Crippen LogP contribution is 2.27. The highest BCUT2D eigenvalue weighted by atomic mass is 79.9. The second-order valence-corrected chi connectivity index (χ2v) is 5.16. The number of methoxy groups -OCH3 is 1. The van der Waals surface area contributed by atoms with Crippen LogP contribution in [0.5, 0.6) is 5.75 Å². The smallest absolute Gasteiger partial charge is 0.342 e. The molecule has 0 fully saturated rings. The SMILES string of the molecule is COc1c(N)cccc1C(=O)OCc1cc(Br)ccc1F. The number of rotatable bonds is 4. The summed E-state index contributed by atoms with van der Waals surface area (Å²) in [5, 5.41) is 0. The molecule has 0 unspecified atom stereocenters. The summed E-state index contributed by atoms with van der Waals surface area (Å²) in [5.74, 6) is -0.818. The summed E-state index contributed by atoms with van der Waals surface area (Å²) in [4.78, 5) is 12.1. The van der Waals surface area contributed by atoms with Gasteiger partial charge in [-0.2, -0.15) is 0 Å². The van der Waals surface area contributed by atoms with Crippen LogP contribution in [0.25, 0.3) is 0 Å². The minimum atomic E-state index is -0.626. The second-order valence-electron chi connectivity index (χ2n) is 4.24. The fourth-order valence-electron chi connectivity index (χ4n) is 1.82. The van der Waals surface area contributed by atoms with Crippen LogP contribution in [-0.2, 0) is 11.3 Å². The molecular weight excluding hydrogens is 341 g/mol. The Morgan fingerprint density at radius 2 is 2.10 bits per heavy atom. The molecule has 110 valence electrons. The van der Waals surface area contributed by atoms with Gasteiger partial charge in [-0.05, 0) is 30.3 Å². The summed E-state index contributed by atoms with van der Waals surface area (Å²) in [6.45, 7) is -0.179. The van der Waals surface area contributed by atoms with Gasteiger partial charge in [0, 0.05) is 10.0 Å². The lowest BCUT2D eigenvalue weighted by Gasteiger charge is -2.11. The number of ether oxygens (including phenoxy) is 2. The van der Waals surface area contributed by atoms with Crippen LogP contribution in [0, 0.1) is 5.82 Å².